The molecular formula is C12H24BrNO. The summed E-state index contributed by atoms with van der Waals surface area (Å²) in [6.45, 7) is 10.9. The second-order valence-corrected chi connectivity index (χ2v) is 5.77. The lowest BCUT2D eigenvalue weighted by Gasteiger charge is -2.43. The summed E-state index contributed by atoms with van der Waals surface area (Å²) in [6.07, 6.45) is 2.60. The summed E-state index contributed by atoms with van der Waals surface area (Å²) in [7, 11) is 0. The molecule has 0 saturated carbocycles. The Morgan fingerprint density at radius 2 is 2.20 bits per heavy atom. The number of rotatable bonds is 5. The minimum Gasteiger partial charge on any atom is -0.378 e. The molecular weight excluding hydrogens is 254 g/mol. The van der Waals surface area contributed by atoms with E-state index in [1.54, 1.807) is 0 Å². The lowest BCUT2D eigenvalue weighted by molar-refractivity contribution is -0.0563. The Morgan fingerprint density at radius 1 is 1.47 bits per heavy atom. The highest BCUT2D eigenvalue weighted by molar-refractivity contribution is 9.09. The van der Waals surface area contributed by atoms with E-state index in [9.17, 15) is 0 Å². The Balaban J connectivity index is 2.46. The van der Waals surface area contributed by atoms with Crippen molar-refractivity contribution in [2.24, 2.45) is 5.92 Å². The smallest absolute Gasteiger partial charge is 0.0645 e. The third-order valence-electron chi connectivity index (χ3n) is 3.21. The molecule has 2 nitrogen and oxygen atoms in total. The molecule has 1 fully saturated rings. The Hall–Kier alpha value is 0.400. The molecule has 0 aromatic carbocycles. The number of ether oxygens (including phenoxy) is 1. The number of hydrogen-bond donors (Lipinski definition) is 0. The fourth-order valence-electron chi connectivity index (χ4n) is 2.17. The molecule has 1 unspecified atom stereocenters. The maximum absolute atomic E-state index is 5.54. The van der Waals surface area contributed by atoms with Crippen LogP contribution >= 0.6 is 15.9 Å². The predicted octanol–water partition coefficient (Wildman–Crippen LogP) is 2.91. The summed E-state index contributed by atoms with van der Waals surface area (Å²) in [5.74, 6) is 0.785. The van der Waals surface area contributed by atoms with Crippen LogP contribution in [-0.2, 0) is 4.74 Å². The molecule has 90 valence electrons. The van der Waals surface area contributed by atoms with Gasteiger partial charge in [0.05, 0.1) is 13.2 Å². The lowest BCUT2D eigenvalue weighted by Crippen LogP contribution is -2.54. The molecule has 1 heterocycles. The molecule has 0 N–H and O–H groups in total. The minimum atomic E-state index is 0.215. The van der Waals surface area contributed by atoms with Crippen LogP contribution in [0, 0.1) is 5.92 Å². The van der Waals surface area contributed by atoms with Gasteiger partial charge in [-0.15, -0.1) is 0 Å². The molecule has 0 bridgehead atoms. The Labute approximate surface area is 102 Å². The monoisotopic (exact) mass is 277 g/mol. The third-order valence-corrected chi connectivity index (χ3v) is 4.13. The molecule has 0 aromatic heterocycles. The van der Waals surface area contributed by atoms with Crippen LogP contribution in [-0.4, -0.2) is 42.1 Å². The zero-order valence-corrected chi connectivity index (χ0v) is 11.8. The van der Waals surface area contributed by atoms with Gasteiger partial charge in [0.15, 0.2) is 0 Å². The van der Waals surface area contributed by atoms with Crippen molar-refractivity contribution in [1.29, 1.82) is 0 Å². The van der Waals surface area contributed by atoms with Crippen molar-refractivity contribution in [3.8, 4) is 0 Å². The van der Waals surface area contributed by atoms with Gasteiger partial charge in [0.1, 0.15) is 0 Å². The summed E-state index contributed by atoms with van der Waals surface area (Å²) in [5.41, 5.74) is 0.215. The van der Waals surface area contributed by atoms with Gasteiger partial charge in [-0.2, -0.15) is 0 Å². The third kappa shape index (κ3) is 4.04. The first-order chi connectivity index (χ1) is 7.10. The Morgan fingerprint density at radius 3 is 2.73 bits per heavy atom. The fraction of sp³-hybridized carbons (Fsp3) is 1.00. The summed E-state index contributed by atoms with van der Waals surface area (Å²) < 4.78 is 5.54. The highest BCUT2D eigenvalue weighted by atomic mass is 79.9. The molecule has 15 heavy (non-hydrogen) atoms. The van der Waals surface area contributed by atoms with Crippen molar-refractivity contribution >= 4 is 15.9 Å². The molecule has 1 aliphatic rings. The van der Waals surface area contributed by atoms with Gasteiger partial charge in [0.2, 0.25) is 0 Å². The number of hydrogen-bond acceptors (Lipinski definition) is 2. The zero-order valence-electron chi connectivity index (χ0n) is 10.3. The summed E-state index contributed by atoms with van der Waals surface area (Å²) in [4.78, 5) is 2.58. The topological polar surface area (TPSA) is 12.5 Å². The zero-order chi connectivity index (χ0) is 11.3. The fourth-order valence-corrected chi connectivity index (χ4v) is 2.69. The van der Waals surface area contributed by atoms with Gasteiger partial charge in [-0.05, 0) is 26.2 Å². The van der Waals surface area contributed by atoms with Crippen molar-refractivity contribution in [2.75, 3.05) is 31.6 Å². The molecule has 0 aliphatic carbocycles. The standard InChI is InChI=1S/C12H24BrNO/c1-4-5-11(8-13)9-14-6-7-15-10-12(14,2)3/h11H,4-10H2,1-3H3. The Bertz CT molecular complexity index is 184. The molecule has 0 spiro atoms. The highest BCUT2D eigenvalue weighted by Crippen LogP contribution is 2.22. The second kappa shape index (κ2) is 6.21. The number of alkyl halides is 1. The van der Waals surface area contributed by atoms with Gasteiger partial charge < -0.3 is 4.74 Å². The summed E-state index contributed by atoms with van der Waals surface area (Å²) in [5, 5.41) is 1.12. The normalized spacial score (nSPS) is 24.0. The molecule has 1 aliphatic heterocycles. The van der Waals surface area contributed by atoms with Gasteiger partial charge in [-0.1, -0.05) is 29.3 Å². The molecule has 1 saturated heterocycles. The van der Waals surface area contributed by atoms with E-state index in [2.05, 4.69) is 41.6 Å². The van der Waals surface area contributed by atoms with Crippen molar-refractivity contribution in [2.45, 2.75) is 39.2 Å². The largest absolute Gasteiger partial charge is 0.378 e. The molecule has 3 heteroatoms. The van der Waals surface area contributed by atoms with Crippen LogP contribution in [0.5, 0.6) is 0 Å². The number of nitrogens with zero attached hydrogens (tertiary/aromatic N) is 1. The minimum absolute atomic E-state index is 0.215. The van der Waals surface area contributed by atoms with Crippen LogP contribution in [0.25, 0.3) is 0 Å². The van der Waals surface area contributed by atoms with Crippen LogP contribution in [0.2, 0.25) is 0 Å². The first-order valence-corrected chi connectivity index (χ1v) is 7.11. The lowest BCUT2D eigenvalue weighted by atomic mass is 9.98. The number of halogens is 1. The van der Waals surface area contributed by atoms with Crippen LogP contribution in [0.15, 0.2) is 0 Å². The summed E-state index contributed by atoms with van der Waals surface area (Å²) >= 11 is 3.62. The first kappa shape index (κ1) is 13.5. The molecule has 1 rings (SSSR count). The van der Waals surface area contributed by atoms with E-state index >= 15 is 0 Å². The van der Waals surface area contributed by atoms with E-state index in [-0.39, 0.29) is 5.54 Å². The second-order valence-electron chi connectivity index (χ2n) is 5.12. The van der Waals surface area contributed by atoms with E-state index in [1.807, 2.05) is 0 Å². The average Bonchev–Trinajstić information content (AvgIpc) is 2.20. The van der Waals surface area contributed by atoms with Crippen LogP contribution < -0.4 is 0 Å². The van der Waals surface area contributed by atoms with Crippen LogP contribution in [0.4, 0.5) is 0 Å². The maximum Gasteiger partial charge on any atom is 0.0645 e. The van der Waals surface area contributed by atoms with Gasteiger partial charge >= 0.3 is 0 Å². The average molecular weight is 278 g/mol. The molecule has 1 atom stereocenters. The van der Waals surface area contributed by atoms with Crippen LogP contribution in [0.1, 0.15) is 33.6 Å². The van der Waals surface area contributed by atoms with E-state index < -0.39 is 0 Å². The van der Waals surface area contributed by atoms with Crippen molar-refractivity contribution in [3.05, 3.63) is 0 Å². The van der Waals surface area contributed by atoms with Crippen molar-refractivity contribution in [1.82, 2.24) is 4.90 Å². The molecule has 0 amide bonds. The van der Waals surface area contributed by atoms with E-state index in [0.717, 1.165) is 31.0 Å². The van der Waals surface area contributed by atoms with E-state index in [0.29, 0.717) is 0 Å². The SMILES string of the molecule is CCCC(CBr)CN1CCOCC1(C)C. The Kier molecular flexibility index (Phi) is 5.58. The predicted molar refractivity (Wildman–Crippen MR) is 68.7 cm³/mol. The van der Waals surface area contributed by atoms with Crippen LogP contribution in [0.3, 0.4) is 0 Å². The van der Waals surface area contributed by atoms with E-state index in [1.165, 1.54) is 19.4 Å². The van der Waals surface area contributed by atoms with Gasteiger partial charge in [0.25, 0.3) is 0 Å². The molecule has 0 radical (unpaired) electrons. The van der Waals surface area contributed by atoms with Crippen molar-refractivity contribution in [3.63, 3.8) is 0 Å². The van der Waals surface area contributed by atoms with Gasteiger partial charge in [-0.3, -0.25) is 4.90 Å². The van der Waals surface area contributed by atoms with E-state index in [4.69, 9.17) is 4.74 Å². The molecule has 0 aromatic rings. The van der Waals surface area contributed by atoms with Gasteiger partial charge in [-0.25, -0.2) is 0 Å². The van der Waals surface area contributed by atoms with Crippen molar-refractivity contribution < 1.29 is 4.74 Å². The number of morpholine rings is 1. The van der Waals surface area contributed by atoms with Gasteiger partial charge in [0, 0.05) is 24.0 Å². The maximum atomic E-state index is 5.54. The summed E-state index contributed by atoms with van der Waals surface area (Å²) in [6, 6.07) is 0. The quantitative estimate of drug-likeness (QED) is 0.717. The first-order valence-electron chi connectivity index (χ1n) is 5.99. The highest BCUT2D eigenvalue weighted by Gasteiger charge is 2.31.